The molecule has 2 fully saturated rings. The Balaban J connectivity index is 1.37. The summed E-state index contributed by atoms with van der Waals surface area (Å²) in [6, 6.07) is 7.67. The number of aromatic nitrogens is 2. The summed E-state index contributed by atoms with van der Waals surface area (Å²) in [6.07, 6.45) is 7.27. The molecule has 1 aromatic carbocycles. The van der Waals surface area contributed by atoms with Gasteiger partial charge in [-0.3, -0.25) is 9.69 Å². The van der Waals surface area contributed by atoms with Gasteiger partial charge in [0.15, 0.2) is 0 Å². The molecule has 9 heteroatoms. The predicted octanol–water partition coefficient (Wildman–Crippen LogP) is 3.04. The minimum atomic E-state index is -0.146. The number of nitrogens with one attached hydrogen (secondary N) is 3. The Kier molecular flexibility index (Phi) is 8.32. The SMILES string of the molecule is COc1ccc(Nc2nccc(C(=O)NC3CCCCC3)n2)cc1NCCN1CCOCC1. The second-order valence-corrected chi connectivity index (χ2v) is 8.49. The summed E-state index contributed by atoms with van der Waals surface area (Å²) in [7, 11) is 1.66. The third kappa shape index (κ3) is 6.79. The number of carbonyl (C=O) groups excluding carboxylic acids is 1. The summed E-state index contributed by atoms with van der Waals surface area (Å²) in [4.78, 5) is 23.7. The van der Waals surface area contributed by atoms with Crippen LogP contribution >= 0.6 is 0 Å². The highest BCUT2D eigenvalue weighted by molar-refractivity contribution is 5.92. The van der Waals surface area contributed by atoms with E-state index in [1.807, 2.05) is 18.2 Å². The van der Waals surface area contributed by atoms with Gasteiger partial charge < -0.3 is 25.4 Å². The van der Waals surface area contributed by atoms with Crippen LogP contribution in [-0.4, -0.2) is 73.3 Å². The molecule has 33 heavy (non-hydrogen) atoms. The van der Waals surface area contributed by atoms with E-state index in [0.29, 0.717) is 11.6 Å². The fourth-order valence-electron chi connectivity index (χ4n) is 4.28. The van der Waals surface area contributed by atoms with Crippen molar-refractivity contribution in [2.75, 3.05) is 57.1 Å². The molecule has 1 aliphatic heterocycles. The molecule has 1 amide bonds. The van der Waals surface area contributed by atoms with E-state index in [9.17, 15) is 4.79 Å². The van der Waals surface area contributed by atoms with Gasteiger partial charge in [-0.1, -0.05) is 19.3 Å². The summed E-state index contributed by atoms with van der Waals surface area (Å²) in [5.41, 5.74) is 2.08. The van der Waals surface area contributed by atoms with Gasteiger partial charge in [0, 0.05) is 44.1 Å². The lowest BCUT2D eigenvalue weighted by molar-refractivity contribution is 0.0398. The van der Waals surface area contributed by atoms with E-state index in [1.165, 1.54) is 19.3 Å². The van der Waals surface area contributed by atoms with Crippen LogP contribution in [-0.2, 0) is 4.74 Å². The number of anilines is 3. The fourth-order valence-corrected chi connectivity index (χ4v) is 4.28. The molecule has 1 aromatic heterocycles. The van der Waals surface area contributed by atoms with Gasteiger partial charge in [0.25, 0.3) is 5.91 Å². The van der Waals surface area contributed by atoms with Crippen LogP contribution in [0.4, 0.5) is 17.3 Å². The molecule has 9 nitrogen and oxygen atoms in total. The van der Waals surface area contributed by atoms with Crippen molar-refractivity contribution in [3.8, 4) is 5.75 Å². The predicted molar refractivity (Wildman–Crippen MR) is 128 cm³/mol. The molecule has 178 valence electrons. The number of amides is 1. The summed E-state index contributed by atoms with van der Waals surface area (Å²) < 4.78 is 10.9. The standard InChI is InChI=1S/C24H34N6O3/c1-32-22-8-7-19(17-21(22)25-11-12-30-13-15-33-16-14-30)28-24-26-10-9-20(29-24)23(31)27-18-5-3-2-4-6-18/h7-10,17-18,25H,2-6,11-16H2,1H3,(H,27,31)(H,26,28,29). The molecule has 0 atom stereocenters. The van der Waals surface area contributed by atoms with Crippen molar-refractivity contribution in [3.63, 3.8) is 0 Å². The van der Waals surface area contributed by atoms with Crippen LogP contribution in [0.25, 0.3) is 0 Å². The van der Waals surface area contributed by atoms with Crippen LogP contribution in [0.15, 0.2) is 30.5 Å². The third-order valence-electron chi connectivity index (χ3n) is 6.13. The lowest BCUT2D eigenvalue weighted by Gasteiger charge is -2.26. The first kappa shape index (κ1) is 23.3. The maximum Gasteiger partial charge on any atom is 0.270 e. The number of hydrogen-bond donors (Lipinski definition) is 3. The van der Waals surface area contributed by atoms with Gasteiger partial charge in [0.05, 0.1) is 26.0 Å². The Bertz CT molecular complexity index is 913. The highest BCUT2D eigenvalue weighted by Crippen LogP contribution is 2.28. The summed E-state index contributed by atoms with van der Waals surface area (Å²) in [5.74, 6) is 1.01. The molecule has 1 saturated heterocycles. The number of methoxy groups -OCH3 is 1. The Labute approximate surface area is 195 Å². The van der Waals surface area contributed by atoms with Crippen LogP contribution in [0, 0.1) is 0 Å². The largest absolute Gasteiger partial charge is 0.495 e. The van der Waals surface area contributed by atoms with Crippen molar-refractivity contribution in [1.82, 2.24) is 20.2 Å². The van der Waals surface area contributed by atoms with Crippen molar-refractivity contribution < 1.29 is 14.3 Å². The molecule has 2 aliphatic rings. The van der Waals surface area contributed by atoms with Crippen molar-refractivity contribution in [2.45, 2.75) is 38.1 Å². The summed E-state index contributed by atoms with van der Waals surface area (Å²) >= 11 is 0. The van der Waals surface area contributed by atoms with Crippen LogP contribution < -0.4 is 20.7 Å². The zero-order valence-electron chi connectivity index (χ0n) is 19.3. The first-order valence-corrected chi connectivity index (χ1v) is 11.8. The zero-order chi connectivity index (χ0) is 22.9. The van der Waals surface area contributed by atoms with Crippen molar-refractivity contribution in [1.29, 1.82) is 0 Å². The van der Waals surface area contributed by atoms with Crippen molar-refractivity contribution >= 4 is 23.2 Å². The fraction of sp³-hybridized carbons (Fsp3) is 0.542. The van der Waals surface area contributed by atoms with E-state index in [1.54, 1.807) is 19.4 Å². The molecule has 4 rings (SSSR count). The smallest absolute Gasteiger partial charge is 0.270 e. The van der Waals surface area contributed by atoms with E-state index in [0.717, 1.165) is 69.4 Å². The third-order valence-corrected chi connectivity index (χ3v) is 6.13. The molecular weight excluding hydrogens is 420 g/mol. The van der Waals surface area contributed by atoms with E-state index in [2.05, 4.69) is 30.8 Å². The monoisotopic (exact) mass is 454 g/mol. The van der Waals surface area contributed by atoms with Gasteiger partial charge in [0.2, 0.25) is 5.95 Å². The second-order valence-electron chi connectivity index (χ2n) is 8.49. The number of ether oxygens (including phenoxy) is 2. The topological polar surface area (TPSA) is 101 Å². The van der Waals surface area contributed by atoms with Crippen LogP contribution in [0.1, 0.15) is 42.6 Å². The van der Waals surface area contributed by atoms with Crippen molar-refractivity contribution in [2.24, 2.45) is 0 Å². The van der Waals surface area contributed by atoms with Gasteiger partial charge in [-0.2, -0.15) is 0 Å². The Morgan fingerprint density at radius 2 is 2.00 bits per heavy atom. The first-order valence-electron chi connectivity index (χ1n) is 11.8. The normalized spacial score (nSPS) is 17.4. The number of benzene rings is 1. The van der Waals surface area contributed by atoms with E-state index < -0.39 is 0 Å². The lowest BCUT2D eigenvalue weighted by Crippen LogP contribution is -2.39. The molecular formula is C24H34N6O3. The zero-order valence-corrected chi connectivity index (χ0v) is 19.3. The van der Waals surface area contributed by atoms with Gasteiger partial charge in [-0.05, 0) is 37.1 Å². The average molecular weight is 455 g/mol. The minimum Gasteiger partial charge on any atom is -0.495 e. The molecule has 2 aromatic rings. The van der Waals surface area contributed by atoms with E-state index in [-0.39, 0.29) is 11.9 Å². The van der Waals surface area contributed by atoms with Gasteiger partial charge in [-0.15, -0.1) is 0 Å². The van der Waals surface area contributed by atoms with Crippen LogP contribution in [0.5, 0.6) is 5.75 Å². The first-order chi connectivity index (χ1) is 16.2. The quantitative estimate of drug-likeness (QED) is 0.532. The molecule has 3 N–H and O–H groups in total. The Morgan fingerprint density at radius 3 is 2.79 bits per heavy atom. The number of nitrogens with zero attached hydrogens (tertiary/aromatic N) is 3. The summed E-state index contributed by atoms with van der Waals surface area (Å²) in [5, 5.41) is 9.78. The highest BCUT2D eigenvalue weighted by Gasteiger charge is 2.18. The molecule has 0 unspecified atom stereocenters. The van der Waals surface area contributed by atoms with E-state index >= 15 is 0 Å². The highest BCUT2D eigenvalue weighted by atomic mass is 16.5. The molecule has 1 aliphatic carbocycles. The maximum atomic E-state index is 12.6. The van der Waals surface area contributed by atoms with Gasteiger partial charge in [-0.25, -0.2) is 9.97 Å². The Morgan fingerprint density at radius 1 is 1.18 bits per heavy atom. The maximum absolute atomic E-state index is 12.6. The minimum absolute atomic E-state index is 0.146. The molecule has 1 saturated carbocycles. The Hall–Kier alpha value is -2.91. The van der Waals surface area contributed by atoms with Crippen LogP contribution in [0.2, 0.25) is 0 Å². The second kappa shape index (κ2) is 11.8. The number of rotatable bonds is 9. The van der Waals surface area contributed by atoms with Crippen LogP contribution in [0.3, 0.4) is 0 Å². The van der Waals surface area contributed by atoms with Crippen molar-refractivity contribution in [3.05, 3.63) is 36.2 Å². The number of carbonyl (C=O) groups is 1. The number of morpholine rings is 1. The average Bonchev–Trinajstić information content (AvgIpc) is 2.86. The van der Waals surface area contributed by atoms with Gasteiger partial charge >= 0.3 is 0 Å². The summed E-state index contributed by atoms with van der Waals surface area (Å²) in [6.45, 7) is 5.24. The lowest BCUT2D eigenvalue weighted by atomic mass is 9.95. The van der Waals surface area contributed by atoms with E-state index in [4.69, 9.17) is 9.47 Å². The molecule has 2 heterocycles. The molecule has 0 spiro atoms. The molecule has 0 bridgehead atoms. The van der Waals surface area contributed by atoms with Gasteiger partial charge in [0.1, 0.15) is 11.4 Å². The molecule has 0 radical (unpaired) electrons. The number of hydrogen-bond acceptors (Lipinski definition) is 8.